The van der Waals surface area contributed by atoms with E-state index in [2.05, 4.69) is 29.6 Å². The Morgan fingerprint density at radius 1 is 1.32 bits per heavy atom. The Morgan fingerprint density at radius 3 is 2.45 bits per heavy atom. The summed E-state index contributed by atoms with van der Waals surface area (Å²) in [5, 5.41) is 10.9. The molecule has 2 saturated carbocycles. The monoisotopic (exact) mass is 304 g/mol. The molecule has 1 aromatic heterocycles. The van der Waals surface area contributed by atoms with E-state index in [1.807, 2.05) is 24.0 Å². The molecule has 0 saturated heterocycles. The van der Waals surface area contributed by atoms with Gasteiger partial charge in [0.25, 0.3) is 0 Å². The van der Waals surface area contributed by atoms with E-state index in [1.165, 1.54) is 25.7 Å². The summed E-state index contributed by atoms with van der Waals surface area (Å²) in [6.07, 6.45) is 9.08. The highest BCUT2D eigenvalue weighted by Gasteiger charge is 2.42. The van der Waals surface area contributed by atoms with E-state index in [9.17, 15) is 4.79 Å². The van der Waals surface area contributed by atoms with Crippen LogP contribution in [0.15, 0.2) is 12.4 Å². The van der Waals surface area contributed by atoms with Gasteiger partial charge >= 0.3 is 0 Å². The lowest BCUT2D eigenvalue weighted by Gasteiger charge is -2.23. The molecule has 5 nitrogen and oxygen atoms in total. The zero-order chi connectivity index (χ0) is 15.7. The van der Waals surface area contributed by atoms with Gasteiger partial charge in [-0.15, -0.1) is 0 Å². The summed E-state index contributed by atoms with van der Waals surface area (Å²) in [4.78, 5) is 12.2. The van der Waals surface area contributed by atoms with Gasteiger partial charge in [0.05, 0.1) is 18.8 Å². The van der Waals surface area contributed by atoms with Gasteiger partial charge in [-0.25, -0.2) is 0 Å². The number of carbonyl (C=O) groups is 1. The molecule has 22 heavy (non-hydrogen) atoms. The Bertz CT molecular complexity index is 506. The average Bonchev–Trinajstić information content (AvgIpc) is 3.40. The molecule has 0 aromatic carbocycles. The van der Waals surface area contributed by atoms with E-state index in [0.717, 1.165) is 17.4 Å². The summed E-state index contributed by atoms with van der Waals surface area (Å²) >= 11 is 0. The van der Waals surface area contributed by atoms with E-state index in [0.29, 0.717) is 12.6 Å². The van der Waals surface area contributed by atoms with Crippen molar-refractivity contribution in [1.82, 2.24) is 20.4 Å². The topological polar surface area (TPSA) is 59.0 Å². The molecule has 122 valence electrons. The number of hydrogen-bond donors (Lipinski definition) is 2. The lowest BCUT2D eigenvalue weighted by molar-refractivity contribution is -0.121. The summed E-state index contributed by atoms with van der Waals surface area (Å²) in [5.74, 6) is 1.64. The third-order valence-corrected chi connectivity index (χ3v) is 5.04. The molecule has 0 unspecified atom stereocenters. The van der Waals surface area contributed by atoms with Crippen molar-refractivity contribution in [2.75, 3.05) is 6.54 Å². The van der Waals surface area contributed by atoms with Gasteiger partial charge in [-0.1, -0.05) is 0 Å². The molecule has 3 rings (SSSR count). The molecule has 0 aliphatic heterocycles. The highest BCUT2D eigenvalue weighted by Crippen LogP contribution is 2.44. The van der Waals surface area contributed by atoms with Crippen LogP contribution in [0.1, 0.15) is 51.1 Å². The van der Waals surface area contributed by atoms with E-state index in [4.69, 9.17) is 0 Å². The van der Waals surface area contributed by atoms with E-state index >= 15 is 0 Å². The van der Waals surface area contributed by atoms with E-state index in [1.54, 1.807) is 0 Å². The number of nitrogens with zero attached hydrogens (tertiary/aromatic N) is 2. The molecule has 0 spiro atoms. The van der Waals surface area contributed by atoms with Crippen molar-refractivity contribution in [3.05, 3.63) is 18.0 Å². The maximum Gasteiger partial charge on any atom is 0.234 e. The van der Waals surface area contributed by atoms with Crippen LogP contribution in [0.25, 0.3) is 0 Å². The Labute approximate surface area is 132 Å². The van der Waals surface area contributed by atoms with Gasteiger partial charge in [-0.3, -0.25) is 9.48 Å². The summed E-state index contributed by atoms with van der Waals surface area (Å²) in [7, 11) is 0. The zero-order valence-electron chi connectivity index (χ0n) is 13.9. The Morgan fingerprint density at radius 2 is 1.95 bits per heavy atom. The van der Waals surface area contributed by atoms with Crippen LogP contribution in [0, 0.1) is 18.8 Å². The van der Waals surface area contributed by atoms with Crippen LogP contribution < -0.4 is 10.6 Å². The highest BCUT2D eigenvalue weighted by molar-refractivity contribution is 5.78. The average molecular weight is 304 g/mol. The molecular formula is C17H28N4O. The molecule has 0 radical (unpaired) electrons. The second kappa shape index (κ2) is 6.41. The summed E-state index contributed by atoms with van der Waals surface area (Å²) in [6.45, 7) is 6.66. The van der Waals surface area contributed by atoms with E-state index in [-0.39, 0.29) is 18.0 Å². The second-order valence-corrected chi connectivity index (χ2v) is 7.18. The lowest BCUT2D eigenvalue weighted by Crippen LogP contribution is -2.45. The number of nitrogens with one attached hydrogen (secondary N) is 2. The van der Waals surface area contributed by atoms with Crippen LogP contribution in [0.5, 0.6) is 0 Å². The SMILES string of the molecule is Cc1cnn([C@@H](C)[C@@H](C)NCC(=O)NC(C2CC2)C2CC2)c1. The molecule has 5 heteroatoms. The van der Waals surface area contributed by atoms with Crippen molar-refractivity contribution in [2.24, 2.45) is 11.8 Å². The van der Waals surface area contributed by atoms with Gasteiger partial charge in [-0.05, 0) is 63.9 Å². The van der Waals surface area contributed by atoms with Crippen molar-refractivity contribution in [2.45, 2.75) is 64.6 Å². The largest absolute Gasteiger partial charge is 0.352 e. The number of amides is 1. The van der Waals surface area contributed by atoms with Gasteiger partial charge < -0.3 is 10.6 Å². The van der Waals surface area contributed by atoms with Gasteiger partial charge in [-0.2, -0.15) is 5.10 Å². The van der Waals surface area contributed by atoms with Crippen LogP contribution in [-0.2, 0) is 4.79 Å². The fraction of sp³-hybridized carbons (Fsp3) is 0.765. The quantitative estimate of drug-likeness (QED) is 0.772. The summed E-state index contributed by atoms with van der Waals surface area (Å²) in [5.41, 5.74) is 1.16. The Balaban J connectivity index is 1.43. The third-order valence-electron chi connectivity index (χ3n) is 5.04. The molecule has 1 heterocycles. The minimum Gasteiger partial charge on any atom is -0.352 e. The van der Waals surface area contributed by atoms with Crippen molar-refractivity contribution in [3.8, 4) is 0 Å². The maximum absolute atomic E-state index is 12.2. The van der Waals surface area contributed by atoms with Gasteiger partial charge in [0.2, 0.25) is 5.91 Å². The van der Waals surface area contributed by atoms with Crippen LogP contribution in [0.2, 0.25) is 0 Å². The highest BCUT2D eigenvalue weighted by atomic mass is 16.2. The van der Waals surface area contributed by atoms with Crippen molar-refractivity contribution in [3.63, 3.8) is 0 Å². The fourth-order valence-electron chi connectivity index (χ4n) is 3.08. The normalized spacial score (nSPS) is 20.9. The van der Waals surface area contributed by atoms with Crippen molar-refractivity contribution < 1.29 is 4.79 Å². The predicted molar refractivity (Wildman–Crippen MR) is 86.5 cm³/mol. The first kappa shape index (κ1) is 15.5. The van der Waals surface area contributed by atoms with Gasteiger partial charge in [0.1, 0.15) is 0 Å². The first-order valence-electron chi connectivity index (χ1n) is 8.58. The smallest absolute Gasteiger partial charge is 0.234 e. The molecule has 1 amide bonds. The fourth-order valence-corrected chi connectivity index (χ4v) is 3.08. The molecule has 2 aliphatic carbocycles. The van der Waals surface area contributed by atoms with Gasteiger partial charge in [0, 0.05) is 18.3 Å². The van der Waals surface area contributed by atoms with Crippen molar-refractivity contribution >= 4 is 5.91 Å². The van der Waals surface area contributed by atoms with Crippen LogP contribution in [0.3, 0.4) is 0 Å². The predicted octanol–water partition coefficient (Wildman–Crippen LogP) is 2.04. The Hall–Kier alpha value is -1.36. The summed E-state index contributed by atoms with van der Waals surface area (Å²) < 4.78 is 1.96. The molecule has 0 bridgehead atoms. The zero-order valence-corrected chi connectivity index (χ0v) is 13.9. The number of aryl methyl sites for hydroxylation is 1. The van der Waals surface area contributed by atoms with Crippen LogP contribution >= 0.6 is 0 Å². The first-order chi connectivity index (χ1) is 10.5. The minimum absolute atomic E-state index is 0.138. The maximum atomic E-state index is 12.2. The van der Waals surface area contributed by atoms with Crippen molar-refractivity contribution in [1.29, 1.82) is 0 Å². The van der Waals surface area contributed by atoms with Crippen LogP contribution in [0.4, 0.5) is 0 Å². The molecule has 2 aliphatic rings. The number of carbonyl (C=O) groups excluding carboxylic acids is 1. The van der Waals surface area contributed by atoms with Gasteiger partial charge in [0.15, 0.2) is 0 Å². The van der Waals surface area contributed by atoms with E-state index < -0.39 is 0 Å². The standard InChI is InChI=1S/C17H28N4O/c1-11-8-19-21(10-11)13(3)12(2)18-9-16(22)20-17(14-4-5-14)15-6-7-15/h8,10,12-15,17-18H,4-7,9H2,1-3H3,(H,20,22)/t12-,13+/m1/s1. The Kier molecular flexibility index (Phi) is 4.52. The lowest BCUT2D eigenvalue weighted by atomic mass is 10.1. The molecule has 2 N–H and O–H groups in total. The van der Waals surface area contributed by atoms with Crippen LogP contribution in [-0.4, -0.2) is 34.3 Å². The molecule has 2 atom stereocenters. The summed E-state index contributed by atoms with van der Waals surface area (Å²) in [6, 6.07) is 0.866. The number of aromatic nitrogens is 2. The number of hydrogen-bond acceptors (Lipinski definition) is 3. The molecular weight excluding hydrogens is 276 g/mol. The molecule has 2 fully saturated rings. The first-order valence-corrected chi connectivity index (χ1v) is 8.58. The molecule has 1 aromatic rings. The third kappa shape index (κ3) is 3.88. The number of rotatable bonds is 8. The second-order valence-electron chi connectivity index (χ2n) is 7.18. The minimum atomic E-state index is 0.138.